The first-order valence-corrected chi connectivity index (χ1v) is 7.36. The third kappa shape index (κ3) is 4.96. The molecule has 0 aliphatic heterocycles. The van der Waals surface area contributed by atoms with Crippen LogP contribution in [0.3, 0.4) is 0 Å². The van der Waals surface area contributed by atoms with E-state index in [1.54, 1.807) is 0 Å². The maximum absolute atomic E-state index is 6.31. The van der Waals surface area contributed by atoms with Gasteiger partial charge in [0, 0.05) is 12.6 Å². The van der Waals surface area contributed by atoms with E-state index in [0.29, 0.717) is 17.3 Å². The van der Waals surface area contributed by atoms with Crippen molar-refractivity contribution < 1.29 is 0 Å². The Morgan fingerprint density at radius 2 is 1.68 bits per heavy atom. The largest absolute Gasteiger partial charge is 0.324 e. The van der Waals surface area contributed by atoms with Crippen molar-refractivity contribution >= 4 is 0 Å². The second kappa shape index (κ2) is 7.06. The van der Waals surface area contributed by atoms with Crippen molar-refractivity contribution in [1.29, 1.82) is 0 Å². The van der Waals surface area contributed by atoms with Gasteiger partial charge in [0.05, 0.1) is 0 Å². The average Bonchev–Trinajstić information content (AvgIpc) is 2.38. The first-order chi connectivity index (χ1) is 8.84. The van der Waals surface area contributed by atoms with Crippen LogP contribution in [-0.2, 0) is 0 Å². The van der Waals surface area contributed by atoms with Crippen LogP contribution in [-0.4, -0.2) is 13.1 Å². The number of hydrogen-bond donors (Lipinski definition) is 2. The van der Waals surface area contributed by atoms with Gasteiger partial charge in [0.25, 0.3) is 0 Å². The lowest BCUT2D eigenvalue weighted by Gasteiger charge is -2.31. The fraction of sp³-hybridized carbons (Fsp3) is 0.647. The van der Waals surface area contributed by atoms with Gasteiger partial charge in [0.2, 0.25) is 0 Å². The summed E-state index contributed by atoms with van der Waals surface area (Å²) in [4.78, 5) is 0. The summed E-state index contributed by atoms with van der Waals surface area (Å²) in [5, 5.41) is 3.58. The minimum absolute atomic E-state index is 0.107. The predicted molar refractivity (Wildman–Crippen MR) is 84.0 cm³/mol. The van der Waals surface area contributed by atoms with E-state index >= 15 is 0 Å². The topological polar surface area (TPSA) is 38.0 Å². The highest BCUT2D eigenvalue weighted by Gasteiger charge is 2.22. The van der Waals surface area contributed by atoms with Gasteiger partial charge in [0.15, 0.2) is 0 Å². The van der Waals surface area contributed by atoms with Crippen molar-refractivity contribution in [3.63, 3.8) is 0 Å². The Labute approximate surface area is 118 Å². The lowest BCUT2D eigenvalue weighted by molar-refractivity contribution is 0.232. The van der Waals surface area contributed by atoms with Crippen molar-refractivity contribution in [3.8, 4) is 0 Å². The zero-order valence-corrected chi connectivity index (χ0v) is 13.1. The number of rotatable bonds is 7. The molecule has 1 rings (SSSR count). The van der Waals surface area contributed by atoms with Crippen LogP contribution in [0.25, 0.3) is 0 Å². The summed E-state index contributed by atoms with van der Waals surface area (Å²) >= 11 is 0. The van der Waals surface area contributed by atoms with Crippen molar-refractivity contribution in [2.75, 3.05) is 13.1 Å². The third-order valence-corrected chi connectivity index (χ3v) is 4.41. The SMILES string of the molecule is CC(CNCC(C)(C)C(C)C)C(N)c1ccccc1. The molecule has 0 amide bonds. The smallest absolute Gasteiger partial charge is 0.0333 e. The molecule has 0 aromatic heterocycles. The Hall–Kier alpha value is -0.860. The van der Waals surface area contributed by atoms with Gasteiger partial charge in [-0.15, -0.1) is 0 Å². The molecule has 0 saturated carbocycles. The van der Waals surface area contributed by atoms with E-state index in [1.165, 1.54) is 5.56 Å². The van der Waals surface area contributed by atoms with Crippen LogP contribution in [0, 0.1) is 17.3 Å². The monoisotopic (exact) mass is 262 g/mol. The summed E-state index contributed by atoms with van der Waals surface area (Å²) in [6.45, 7) is 13.4. The summed E-state index contributed by atoms with van der Waals surface area (Å²) < 4.78 is 0. The number of nitrogens with one attached hydrogen (secondary N) is 1. The molecular formula is C17H30N2. The lowest BCUT2D eigenvalue weighted by atomic mass is 9.81. The quantitative estimate of drug-likeness (QED) is 0.788. The Morgan fingerprint density at radius 1 is 1.11 bits per heavy atom. The van der Waals surface area contributed by atoms with Gasteiger partial charge in [0.1, 0.15) is 0 Å². The molecular weight excluding hydrogens is 232 g/mol. The van der Waals surface area contributed by atoms with Gasteiger partial charge in [-0.05, 0) is 29.4 Å². The molecule has 2 atom stereocenters. The fourth-order valence-corrected chi connectivity index (χ4v) is 1.96. The molecule has 3 N–H and O–H groups in total. The number of nitrogens with two attached hydrogens (primary N) is 1. The van der Waals surface area contributed by atoms with E-state index in [0.717, 1.165) is 13.1 Å². The molecule has 1 aromatic rings. The van der Waals surface area contributed by atoms with E-state index in [9.17, 15) is 0 Å². The van der Waals surface area contributed by atoms with E-state index in [1.807, 2.05) is 6.07 Å². The van der Waals surface area contributed by atoms with Crippen LogP contribution >= 0.6 is 0 Å². The summed E-state index contributed by atoms with van der Waals surface area (Å²) in [5.41, 5.74) is 7.86. The van der Waals surface area contributed by atoms with Crippen molar-refractivity contribution in [1.82, 2.24) is 5.32 Å². The molecule has 2 nitrogen and oxygen atoms in total. The highest BCUT2D eigenvalue weighted by molar-refractivity contribution is 5.19. The van der Waals surface area contributed by atoms with Gasteiger partial charge in [-0.1, -0.05) is 65.0 Å². The molecule has 1 aromatic carbocycles. The maximum atomic E-state index is 6.31. The normalized spacial score (nSPS) is 15.5. The first-order valence-electron chi connectivity index (χ1n) is 7.36. The molecule has 0 bridgehead atoms. The van der Waals surface area contributed by atoms with E-state index in [4.69, 9.17) is 5.73 Å². The van der Waals surface area contributed by atoms with Gasteiger partial charge < -0.3 is 11.1 Å². The van der Waals surface area contributed by atoms with Gasteiger partial charge in [-0.25, -0.2) is 0 Å². The molecule has 19 heavy (non-hydrogen) atoms. The van der Waals surface area contributed by atoms with Crippen molar-refractivity contribution in [2.24, 2.45) is 23.0 Å². The van der Waals surface area contributed by atoms with Gasteiger partial charge in [-0.2, -0.15) is 0 Å². The third-order valence-electron chi connectivity index (χ3n) is 4.41. The summed E-state index contributed by atoms with van der Waals surface area (Å²) in [7, 11) is 0. The second-order valence-corrected chi connectivity index (χ2v) is 6.69. The first kappa shape index (κ1) is 16.2. The van der Waals surface area contributed by atoms with Crippen molar-refractivity contribution in [3.05, 3.63) is 35.9 Å². The Morgan fingerprint density at radius 3 is 2.21 bits per heavy atom. The van der Waals surface area contributed by atoms with E-state index < -0.39 is 0 Å². The predicted octanol–water partition coefficient (Wildman–Crippen LogP) is 3.59. The standard InChI is InChI=1S/C17H30N2/c1-13(2)17(4,5)12-19-11-14(3)16(18)15-9-7-6-8-10-15/h6-10,13-14,16,19H,11-12,18H2,1-5H3. The molecule has 0 spiro atoms. The lowest BCUT2D eigenvalue weighted by Crippen LogP contribution is -2.37. The molecule has 0 aliphatic carbocycles. The minimum Gasteiger partial charge on any atom is -0.324 e. The van der Waals surface area contributed by atoms with Crippen LogP contribution in [0.15, 0.2) is 30.3 Å². The summed E-state index contributed by atoms with van der Waals surface area (Å²) in [6, 6.07) is 10.5. The van der Waals surface area contributed by atoms with Gasteiger partial charge >= 0.3 is 0 Å². The highest BCUT2D eigenvalue weighted by atomic mass is 14.9. The molecule has 2 heteroatoms. The number of hydrogen-bond acceptors (Lipinski definition) is 2. The molecule has 0 radical (unpaired) electrons. The Kier molecular flexibility index (Phi) is 6.02. The Balaban J connectivity index is 2.42. The van der Waals surface area contributed by atoms with Gasteiger partial charge in [-0.3, -0.25) is 0 Å². The molecule has 0 saturated heterocycles. The minimum atomic E-state index is 0.107. The van der Waals surface area contributed by atoms with Crippen LogP contribution in [0.4, 0.5) is 0 Å². The second-order valence-electron chi connectivity index (χ2n) is 6.69. The van der Waals surface area contributed by atoms with Crippen LogP contribution in [0.2, 0.25) is 0 Å². The van der Waals surface area contributed by atoms with Crippen LogP contribution < -0.4 is 11.1 Å². The average molecular weight is 262 g/mol. The van der Waals surface area contributed by atoms with Crippen molar-refractivity contribution in [2.45, 2.75) is 40.7 Å². The Bertz CT molecular complexity index is 357. The highest BCUT2D eigenvalue weighted by Crippen LogP contribution is 2.25. The molecule has 0 fully saturated rings. The summed E-state index contributed by atoms with van der Waals surface area (Å²) in [6.07, 6.45) is 0. The van der Waals surface area contributed by atoms with E-state index in [2.05, 4.69) is 64.2 Å². The van der Waals surface area contributed by atoms with Crippen LogP contribution in [0.5, 0.6) is 0 Å². The van der Waals surface area contributed by atoms with Crippen LogP contribution in [0.1, 0.15) is 46.2 Å². The zero-order chi connectivity index (χ0) is 14.5. The molecule has 0 heterocycles. The maximum Gasteiger partial charge on any atom is 0.0333 e. The molecule has 2 unspecified atom stereocenters. The van der Waals surface area contributed by atoms with E-state index in [-0.39, 0.29) is 6.04 Å². The summed E-state index contributed by atoms with van der Waals surface area (Å²) in [5.74, 6) is 1.11. The number of benzene rings is 1. The fourth-order valence-electron chi connectivity index (χ4n) is 1.96. The molecule has 0 aliphatic rings. The zero-order valence-electron chi connectivity index (χ0n) is 13.1. The molecule has 108 valence electrons.